The average Bonchev–Trinajstić information content (AvgIpc) is 2.71. The lowest BCUT2D eigenvalue weighted by Gasteiger charge is -2.21. The summed E-state index contributed by atoms with van der Waals surface area (Å²) in [6.07, 6.45) is -0.186. The summed E-state index contributed by atoms with van der Waals surface area (Å²) in [6.45, 7) is 15.3. The van der Waals surface area contributed by atoms with E-state index in [2.05, 4.69) is 38.1 Å². The summed E-state index contributed by atoms with van der Waals surface area (Å²) < 4.78 is 13.1. The van der Waals surface area contributed by atoms with E-state index in [9.17, 15) is 0 Å². The van der Waals surface area contributed by atoms with E-state index in [1.54, 1.807) is 0 Å². The van der Waals surface area contributed by atoms with Gasteiger partial charge in [-0.2, -0.15) is 5.10 Å². The van der Waals surface area contributed by atoms with Gasteiger partial charge >= 0.3 is 0 Å². The number of nitrogens with one attached hydrogen (secondary N) is 1. The Morgan fingerprint density at radius 2 is 1.75 bits per heavy atom. The molecule has 0 aliphatic carbocycles. The van der Waals surface area contributed by atoms with E-state index in [1.807, 2.05) is 18.5 Å². The van der Waals surface area contributed by atoms with E-state index in [1.165, 1.54) is 11.3 Å². The van der Waals surface area contributed by atoms with E-state index in [0.29, 0.717) is 19.8 Å². The maximum atomic E-state index is 5.55. The first-order valence-electron chi connectivity index (χ1n) is 7.55. The Hall–Kier alpha value is -0.910. The topological polar surface area (TPSA) is 48.3 Å². The summed E-state index contributed by atoms with van der Waals surface area (Å²) in [6, 6.07) is 0.235. The molecule has 1 aromatic heterocycles. The van der Waals surface area contributed by atoms with Crippen LogP contribution in [0.25, 0.3) is 0 Å². The van der Waals surface area contributed by atoms with Crippen molar-refractivity contribution in [2.24, 2.45) is 0 Å². The van der Waals surface area contributed by atoms with Crippen LogP contribution in [-0.2, 0) is 16.0 Å². The number of aromatic nitrogens is 2. The van der Waals surface area contributed by atoms with E-state index in [4.69, 9.17) is 9.47 Å². The Labute approximate surface area is 122 Å². The molecule has 0 fully saturated rings. The van der Waals surface area contributed by atoms with Crippen molar-refractivity contribution in [1.29, 1.82) is 0 Å². The minimum atomic E-state index is -0.186. The zero-order valence-corrected chi connectivity index (χ0v) is 13.7. The highest BCUT2D eigenvalue weighted by molar-refractivity contribution is 5.27. The third-order valence-corrected chi connectivity index (χ3v) is 3.47. The predicted molar refractivity (Wildman–Crippen MR) is 80.8 cm³/mol. The smallest absolute Gasteiger partial charge is 0.169 e. The second-order valence-electron chi connectivity index (χ2n) is 4.87. The molecule has 0 aromatic carbocycles. The van der Waals surface area contributed by atoms with Crippen molar-refractivity contribution >= 4 is 0 Å². The molecule has 1 unspecified atom stereocenters. The molecule has 1 heterocycles. The second kappa shape index (κ2) is 8.39. The molecule has 0 aliphatic heterocycles. The second-order valence-corrected chi connectivity index (χ2v) is 4.87. The van der Waals surface area contributed by atoms with Crippen LogP contribution < -0.4 is 5.32 Å². The van der Waals surface area contributed by atoms with Crippen LogP contribution in [-0.4, -0.2) is 35.8 Å². The molecule has 5 nitrogen and oxygen atoms in total. The molecule has 0 saturated carbocycles. The SMILES string of the molecule is CCOC(CNC(C)c1c(C)nn(CC)c1C)OCC. The van der Waals surface area contributed by atoms with E-state index in [0.717, 1.165) is 12.2 Å². The normalized spacial score (nSPS) is 13.2. The third-order valence-electron chi connectivity index (χ3n) is 3.47. The largest absolute Gasteiger partial charge is 0.352 e. The molecule has 0 radical (unpaired) electrons. The molecule has 0 bridgehead atoms. The van der Waals surface area contributed by atoms with Crippen molar-refractivity contribution in [2.75, 3.05) is 19.8 Å². The quantitative estimate of drug-likeness (QED) is 0.708. The van der Waals surface area contributed by atoms with Gasteiger partial charge in [0.2, 0.25) is 0 Å². The number of hydrogen-bond donors (Lipinski definition) is 1. The van der Waals surface area contributed by atoms with Crippen molar-refractivity contribution in [3.63, 3.8) is 0 Å². The number of rotatable bonds is 9. The van der Waals surface area contributed by atoms with Crippen LogP contribution in [0, 0.1) is 13.8 Å². The number of ether oxygens (including phenoxy) is 2. The zero-order valence-electron chi connectivity index (χ0n) is 13.7. The van der Waals surface area contributed by atoms with Crippen LogP contribution in [0.4, 0.5) is 0 Å². The highest BCUT2D eigenvalue weighted by Crippen LogP contribution is 2.21. The van der Waals surface area contributed by atoms with Crippen molar-refractivity contribution in [1.82, 2.24) is 15.1 Å². The average molecular weight is 283 g/mol. The van der Waals surface area contributed by atoms with Crippen LogP contribution in [0.2, 0.25) is 0 Å². The maximum Gasteiger partial charge on any atom is 0.169 e. The molecule has 1 N–H and O–H groups in total. The number of aryl methyl sites for hydroxylation is 2. The summed E-state index contributed by atoms with van der Waals surface area (Å²) >= 11 is 0. The molecule has 0 amide bonds. The Balaban J connectivity index is 2.66. The van der Waals surface area contributed by atoms with Gasteiger partial charge in [0, 0.05) is 43.6 Å². The van der Waals surface area contributed by atoms with Crippen LogP contribution in [0.3, 0.4) is 0 Å². The fourth-order valence-corrected chi connectivity index (χ4v) is 2.56. The third kappa shape index (κ3) is 4.30. The first kappa shape index (κ1) is 17.1. The molecule has 116 valence electrons. The minimum Gasteiger partial charge on any atom is -0.352 e. The molecular weight excluding hydrogens is 254 g/mol. The monoisotopic (exact) mass is 283 g/mol. The maximum absolute atomic E-state index is 5.55. The summed E-state index contributed by atoms with van der Waals surface area (Å²) in [5.74, 6) is 0. The van der Waals surface area contributed by atoms with Crippen molar-refractivity contribution in [3.8, 4) is 0 Å². The lowest BCUT2D eigenvalue weighted by atomic mass is 10.1. The number of nitrogens with zero attached hydrogens (tertiary/aromatic N) is 2. The summed E-state index contributed by atoms with van der Waals surface area (Å²) in [5, 5.41) is 8.05. The van der Waals surface area contributed by atoms with Gasteiger partial charge in [0.15, 0.2) is 6.29 Å². The van der Waals surface area contributed by atoms with E-state index >= 15 is 0 Å². The van der Waals surface area contributed by atoms with E-state index in [-0.39, 0.29) is 12.3 Å². The molecule has 1 atom stereocenters. The fraction of sp³-hybridized carbons (Fsp3) is 0.800. The summed E-state index contributed by atoms with van der Waals surface area (Å²) in [5.41, 5.74) is 3.60. The van der Waals surface area contributed by atoms with Crippen LogP contribution in [0.15, 0.2) is 0 Å². The molecular formula is C15H29N3O2. The van der Waals surface area contributed by atoms with Gasteiger partial charge in [-0.1, -0.05) is 0 Å². The van der Waals surface area contributed by atoms with Crippen LogP contribution in [0.1, 0.15) is 50.7 Å². The predicted octanol–water partition coefficient (Wildman–Crippen LogP) is 2.57. The van der Waals surface area contributed by atoms with E-state index < -0.39 is 0 Å². The molecule has 1 rings (SSSR count). The highest BCUT2D eigenvalue weighted by atomic mass is 16.7. The van der Waals surface area contributed by atoms with Gasteiger partial charge in [-0.25, -0.2) is 0 Å². The van der Waals surface area contributed by atoms with Gasteiger partial charge in [-0.15, -0.1) is 0 Å². The summed E-state index contributed by atoms with van der Waals surface area (Å²) in [7, 11) is 0. The lowest BCUT2D eigenvalue weighted by Crippen LogP contribution is -2.33. The van der Waals surface area contributed by atoms with Crippen LogP contribution >= 0.6 is 0 Å². The van der Waals surface area contributed by atoms with Crippen LogP contribution in [0.5, 0.6) is 0 Å². The molecule has 0 spiro atoms. The van der Waals surface area contributed by atoms with Gasteiger partial charge in [0.05, 0.1) is 5.69 Å². The fourth-order valence-electron chi connectivity index (χ4n) is 2.56. The molecule has 5 heteroatoms. The Morgan fingerprint density at radius 3 is 2.20 bits per heavy atom. The molecule has 0 saturated heterocycles. The minimum absolute atomic E-state index is 0.186. The van der Waals surface area contributed by atoms with Gasteiger partial charge in [0.1, 0.15) is 0 Å². The Kier molecular flexibility index (Phi) is 7.19. The van der Waals surface area contributed by atoms with Gasteiger partial charge in [-0.05, 0) is 41.5 Å². The standard InChI is InChI=1S/C15H29N3O2/c1-7-18-13(6)15(12(5)17-18)11(4)16-10-14(19-8-2)20-9-3/h11,14,16H,7-10H2,1-6H3. The zero-order chi connectivity index (χ0) is 15.1. The first-order chi connectivity index (χ1) is 9.54. The lowest BCUT2D eigenvalue weighted by molar-refractivity contribution is -0.133. The summed E-state index contributed by atoms with van der Waals surface area (Å²) in [4.78, 5) is 0. The molecule has 20 heavy (non-hydrogen) atoms. The Bertz CT molecular complexity index is 398. The number of hydrogen-bond acceptors (Lipinski definition) is 4. The van der Waals surface area contributed by atoms with Gasteiger partial charge < -0.3 is 14.8 Å². The van der Waals surface area contributed by atoms with Crippen molar-refractivity contribution < 1.29 is 9.47 Å². The molecule has 1 aromatic rings. The van der Waals surface area contributed by atoms with Crippen molar-refractivity contribution in [2.45, 2.75) is 60.4 Å². The van der Waals surface area contributed by atoms with Crippen molar-refractivity contribution in [3.05, 3.63) is 17.0 Å². The highest BCUT2D eigenvalue weighted by Gasteiger charge is 2.18. The van der Waals surface area contributed by atoms with Gasteiger partial charge in [-0.3, -0.25) is 4.68 Å². The molecule has 0 aliphatic rings. The van der Waals surface area contributed by atoms with Gasteiger partial charge in [0.25, 0.3) is 0 Å². The first-order valence-corrected chi connectivity index (χ1v) is 7.55. The Morgan fingerprint density at radius 1 is 1.15 bits per heavy atom.